The van der Waals surface area contributed by atoms with Crippen LogP contribution in [0.15, 0.2) is 0 Å². The zero-order chi connectivity index (χ0) is 13.1. The van der Waals surface area contributed by atoms with Crippen LogP contribution in [-0.2, 0) is 19.1 Å². The minimum absolute atomic E-state index is 0.0128. The van der Waals surface area contributed by atoms with Crippen molar-refractivity contribution >= 4 is 11.9 Å². The van der Waals surface area contributed by atoms with E-state index in [-0.39, 0.29) is 23.8 Å². The molecule has 2 aliphatic carbocycles. The highest BCUT2D eigenvalue weighted by molar-refractivity contribution is 5.75. The Bertz CT molecular complexity index is 294. The maximum absolute atomic E-state index is 11.8. The molecule has 0 N–H and O–H groups in total. The molecular weight excluding hydrogens is 232 g/mol. The van der Waals surface area contributed by atoms with E-state index in [1.807, 2.05) is 0 Å². The normalized spacial score (nSPS) is 35.4. The number of rotatable bonds is 2. The number of esters is 2. The van der Waals surface area contributed by atoms with Crippen LogP contribution in [0.25, 0.3) is 0 Å². The van der Waals surface area contributed by atoms with Crippen molar-refractivity contribution in [1.82, 2.24) is 0 Å². The first-order valence-electron chi connectivity index (χ1n) is 6.84. The smallest absolute Gasteiger partial charge is 0.308 e. The van der Waals surface area contributed by atoms with Gasteiger partial charge in [-0.15, -0.1) is 0 Å². The molecule has 0 amide bonds. The molecule has 2 rings (SSSR count). The number of fused-ring (bicyclic) bond motifs is 1. The van der Waals surface area contributed by atoms with Crippen molar-refractivity contribution in [2.75, 3.05) is 14.2 Å². The Hall–Kier alpha value is -1.06. The van der Waals surface area contributed by atoms with Gasteiger partial charge in [-0.25, -0.2) is 0 Å². The molecule has 2 aliphatic rings. The Balaban J connectivity index is 2.14. The van der Waals surface area contributed by atoms with Gasteiger partial charge in [0.15, 0.2) is 0 Å². The average molecular weight is 254 g/mol. The maximum Gasteiger partial charge on any atom is 0.308 e. The first-order chi connectivity index (χ1) is 8.69. The fourth-order valence-corrected chi connectivity index (χ4v) is 3.89. The number of methoxy groups -OCH3 is 2. The summed E-state index contributed by atoms with van der Waals surface area (Å²) in [7, 11) is 2.90. The van der Waals surface area contributed by atoms with E-state index in [4.69, 9.17) is 9.47 Å². The summed E-state index contributed by atoms with van der Waals surface area (Å²) in [5.41, 5.74) is 0. The summed E-state index contributed by atoms with van der Waals surface area (Å²) in [5, 5.41) is 0. The second kappa shape index (κ2) is 5.72. The molecule has 18 heavy (non-hydrogen) atoms. The molecule has 0 bridgehead atoms. The SMILES string of the molecule is COC(=O)[C@@H]1CCC[C@H]2[C@@H]1CCC[C@H]2C(=O)OC. The lowest BCUT2D eigenvalue weighted by molar-refractivity contribution is -0.158. The Morgan fingerprint density at radius 3 is 1.50 bits per heavy atom. The third-order valence-corrected chi connectivity index (χ3v) is 4.70. The van der Waals surface area contributed by atoms with E-state index in [9.17, 15) is 9.59 Å². The summed E-state index contributed by atoms with van der Waals surface area (Å²) < 4.78 is 9.81. The average Bonchev–Trinajstić information content (AvgIpc) is 2.44. The second-order valence-electron chi connectivity index (χ2n) is 5.45. The van der Waals surface area contributed by atoms with Crippen molar-refractivity contribution in [1.29, 1.82) is 0 Å². The fourth-order valence-electron chi connectivity index (χ4n) is 3.89. The molecule has 0 spiro atoms. The highest BCUT2D eigenvalue weighted by atomic mass is 16.5. The van der Waals surface area contributed by atoms with Crippen LogP contribution in [0.3, 0.4) is 0 Å². The Labute approximate surface area is 108 Å². The fraction of sp³-hybridized carbons (Fsp3) is 0.857. The van der Waals surface area contributed by atoms with Crippen LogP contribution in [0.1, 0.15) is 38.5 Å². The van der Waals surface area contributed by atoms with Crippen molar-refractivity contribution in [3.63, 3.8) is 0 Å². The standard InChI is InChI=1S/C14H22O4/c1-17-13(15)11-7-3-6-10-9(11)5-4-8-12(10)14(16)18-2/h9-12H,3-8H2,1-2H3/t9-,10-,11+,12+/m0/s1. The molecule has 2 fully saturated rings. The molecule has 0 aromatic carbocycles. The van der Waals surface area contributed by atoms with Crippen LogP contribution in [0, 0.1) is 23.7 Å². The van der Waals surface area contributed by atoms with Gasteiger partial charge in [0.05, 0.1) is 26.1 Å². The van der Waals surface area contributed by atoms with Crippen LogP contribution >= 0.6 is 0 Å². The van der Waals surface area contributed by atoms with Crippen LogP contribution in [0.5, 0.6) is 0 Å². The number of carbonyl (C=O) groups is 2. The van der Waals surface area contributed by atoms with Crippen molar-refractivity contribution in [2.24, 2.45) is 23.7 Å². The maximum atomic E-state index is 11.8. The van der Waals surface area contributed by atoms with E-state index < -0.39 is 0 Å². The molecule has 0 unspecified atom stereocenters. The van der Waals surface area contributed by atoms with Gasteiger partial charge in [0, 0.05) is 0 Å². The third kappa shape index (κ3) is 2.38. The largest absolute Gasteiger partial charge is 0.469 e. The van der Waals surface area contributed by atoms with Crippen LogP contribution < -0.4 is 0 Å². The quantitative estimate of drug-likeness (QED) is 0.709. The molecule has 2 saturated carbocycles. The highest BCUT2D eigenvalue weighted by Crippen LogP contribution is 2.47. The topological polar surface area (TPSA) is 52.6 Å². The van der Waals surface area contributed by atoms with E-state index in [0.717, 1.165) is 38.5 Å². The number of hydrogen-bond donors (Lipinski definition) is 0. The van der Waals surface area contributed by atoms with Gasteiger partial charge >= 0.3 is 11.9 Å². The van der Waals surface area contributed by atoms with Gasteiger partial charge in [0.25, 0.3) is 0 Å². The lowest BCUT2D eigenvalue weighted by Crippen LogP contribution is -2.42. The lowest BCUT2D eigenvalue weighted by atomic mass is 9.61. The summed E-state index contributed by atoms with van der Waals surface area (Å²) in [6.07, 6.45) is 5.90. The molecule has 4 heteroatoms. The molecule has 4 atom stereocenters. The van der Waals surface area contributed by atoms with Gasteiger partial charge in [-0.2, -0.15) is 0 Å². The van der Waals surface area contributed by atoms with Crippen molar-refractivity contribution in [3.05, 3.63) is 0 Å². The van der Waals surface area contributed by atoms with Crippen LogP contribution in [-0.4, -0.2) is 26.2 Å². The number of ether oxygens (including phenoxy) is 2. The molecule has 0 aromatic rings. The zero-order valence-corrected chi connectivity index (χ0v) is 11.2. The van der Waals surface area contributed by atoms with Crippen molar-refractivity contribution in [2.45, 2.75) is 38.5 Å². The monoisotopic (exact) mass is 254 g/mol. The van der Waals surface area contributed by atoms with Gasteiger partial charge < -0.3 is 9.47 Å². The molecule has 0 aromatic heterocycles. The molecular formula is C14H22O4. The van der Waals surface area contributed by atoms with Gasteiger partial charge in [0.1, 0.15) is 0 Å². The van der Waals surface area contributed by atoms with Gasteiger partial charge in [-0.1, -0.05) is 12.8 Å². The Kier molecular flexibility index (Phi) is 4.25. The summed E-state index contributed by atoms with van der Waals surface area (Å²) in [6.45, 7) is 0. The Morgan fingerprint density at radius 1 is 0.778 bits per heavy atom. The molecule has 0 heterocycles. The van der Waals surface area contributed by atoms with Crippen molar-refractivity contribution in [3.8, 4) is 0 Å². The number of hydrogen-bond acceptors (Lipinski definition) is 4. The van der Waals surface area contributed by atoms with E-state index >= 15 is 0 Å². The van der Waals surface area contributed by atoms with E-state index in [1.165, 1.54) is 14.2 Å². The zero-order valence-electron chi connectivity index (χ0n) is 11.2. The van der Waals surface area contributed by atoms with Gasteiger partial charge in [-0.05, 0) is 37.5 Å². The van der Waals surface area contributed by atoms with Crippen LogP contribution in [0.2, 0.25) is 0 Å². The molecule has 4 nitrogen and oxygen atoms in total. The Morgan fingerprint density at radius 2 is 1.17 bits per heavy atom. The predicted molar refractivity (Wildman–Crippen MR) is 65.7 cm³/mol. The molecule has 0 saturated heterocycles. The van der Waals surface area contributed by atoms with Crippen molar-refractivity contribution < 1.29 is 19.1 Å². The predicted octanol–water partition coefficient (Wildman–Crippen LogP) is 2.17. The van der Waals surface area contributed by atoms with E-state index in [1.54, 1.807) is 0 Å². The lowest BCUT2D eigenvalue weighted by Gasteiger charge is -2.43. The first-order valence-corrected chi connectivity index (χ1v) is 6.84. The molecule has 0 radical (unpaired) electrons. The minimum atomic E-state index is -0.102. The number of carbonyl (C=O) groups excluding carboxylic acids is 2. The molecule has 0 aliphatic heterocycles. The summed E-state index contributed by atoms with van der Waals surface area (Å²) in [4.78, 5) is 23.7. The molecule has 102 valence electrons. The highest BCUT2D eigenvalue weighted by Gasteiger charge is 2.45. The van der Waals surface area contributed by atoms with Crippen LogP contribution in [0.4, 0.5) is 0 Å². The summed E-state index contributed by atoms with van der Waals surface area (Å²) >= 11 is 0. The second-order valence-corrected chi connectivity index (χ2v) is 5.45. The van der Waals surface area contributed by atoms with Gasteiger partial charge in [-0.3, -0.25) is 9.59 Å². The first kappa shape index (κ1) is 13.4. The third-order valence-electron chi connectivity index (χ3n) is 4.70. The van der Waals surface area contributed by atoms with Gasteiger partial charge in [0.2, 0.25) is 0 Å². The van der Waals surface area contributed by atoms with E-state index in [0.29, 0.717) is 11.8 Å². The van der Waals surface area contributed by atoms with E-state index in [2.05, 4.69) is 0 Å². The summed E-state index contributed by atoms with van der Waals surface area (Å²) in [6, 6.07) is 0. The summed E-state index contributed by atoms with van der Waals surface area (Å²) in [5.74, 6) is 0.390. The minimum Gasteiger partial charge on any atom is -0.469 e.